The van der Waals surface area contributed by atoms with Gasteiger partial charge in [0.05, 0.1) is 29.0 Å². The lowest BCUT2D eigenvalue weighted by atomic mass is 10.1. The molecule has 3 amide bonds. The number of anilines is 1. The molecule has 0 N–H and O–H groups in total. The number of esters is 1. The van der Waals surface area contributed by atoms with Crippen LogP contribution in [0.2, 0.25) is 5.02 Å². The minimum atomic E-state index is -0.881. The van der Waals surface area contributed by atoms with Gasteiger partial charge >= 0.3 is 12.0 Å². The Balaban J connectivity index is 2.00. The Hall–Kier alpha value is -2.19. The summed E-state index contributed by atoms with van der Waals surface area (Å²) in [5, 5.41) is -0.160. The van der Waals surface area contributed by atoms with Crippen molar-refractivity contribution in [2.75, 3.05) is 18.2 Å². The lowest BCUT2D eigenvalue weighted by Crippen LogP contribution is -2.41. The molecule has 3 rings (SSSR count). The van der Waals surface area contributed by atoms with Crippen molar-refractivity contribution in [3.8, 4) is 0 Å². The molecule has 2 heterocycles. The Kier molecular flexibility index (Phi) is 4.66. The molecule has 2 aliphatic heterocycles. The van der Waals surface area contributed by atoms with Gasteiger partial charge in [0, 0.05) is 6.42 Å². The van der Waals surface area contributed by atoms with Crippen LogP contribution in [0.4, 0.5) is 14.9 Å². The van der Waals surface area contributed by atoms with E-state index in [4.69, 9.17) is 21.1 Å². The second-order valence-electron chi connectivity index (χ2n) is 6.01. The Morgan fingerprint density at radius 1 is 1.40 bits per heavy atom. The van der Waals surface area contributed by atoms with Crippen LogP contribution in [-0.2, 0) is 14.3 Å². The first-order valence-electron chi connectivity index (χ1n) is 7.73. The highest BCUT2D eigenvalue weighted by molar-refractivity contribution is 6.34. The van der Waals surface area contributed by atoms with Crippen LogP contribution in [0.15, 0.2) is 12.1 Å². The molecule has 25 heavy (non-hydrogen) atoms. The van der Waals surface area contributed by atoms with Crippen molar-refractivity contribution in [3.05, 3.63) is 28.5 Å². The molecule has 1 aromatic carbocycles. The number of ether oxygens (including phenoxy) is 2. The highest BCUT2D eigenvalue weighted by atomic mass is 35.5. The van der Waals surface area contributed by atoms with Crippen molar-refractivity contribution in [2.45, 2.75) is 32.4 Å². The number of carbonyl (C=O) groups is 3. The number of amides is 3. The summed E-state index contributed by atoms with van der Waals surface area (Å²) in [5.41, 5.74) is -0.446. The average Bonchev–Trinajstić information content (AvgIpc) is 2.79. The fourth-order valence-electron chi connectivity index (χ4n) is 2.79. The summed E-state index contributed by atoms with van der Waals surface area (Å²) in [7, 11) is 0. The monoisotopic (exact) mass is 370 g/mol. The molecule has 0 radical (unpaired) electrons. The fraction of sp³-hybridized carbons (Fsp3) is 0.438. The molecular formula is C16H16ClFN2O5. The summed E-state index contributed by atoms with van der Waals surface area (Å²) in [6.07, 6.45) is -0.0725. The first kappa shape index (κ1) is 17.6. The summed E-state index contributed by atoms with van der Waals surface area (Å²) in [5.74, 6) is -2.20. The Bertz CT molecular complexity index is 730. The standard InChI is InChI=1S/C16H16ClFN2O5/c1-8(2)25-15(22)9-5-13(11(18)6-10(9)17)20-14(21)12-3-4-24-7-19(12)16(20)23/h5-6,8,12H,3-4,7H2,1-2H3. The van der Waals surface area contributed by atoms with Gasteiger partial charge in [-0.1, -0.05) is 11.6 Å². The van der Waals surface area contributed by atoms with Crippen LogP contribution < -0.4 is 4.90 Å². The Morgan fingerprint density at radius 3 is 2.76 bits per heavy atom. The molecule has 2 aliphatic rings. The first-order valence-corrected chi connectivity index (χ1v) is 8.11. The van der Waals surface area contributed by atoms with Gasteiger partial charge in [-0.15, -0.1) is 0 Å². The number of halogens is 2. The smallest absolute Gasteiger partial charge is 0.339 e. The SMILES string of the molecule is CC(C)OC(=O)c1cc(N2C(=O)C3CCOCN3C2=O)c(F)cc1Cl. The minimum Gasteiger partial charge on any atom is -0.459 e. The van der Waals surface area contributed by atoms with E-state index in [1.54, 1.807) is 13.8 Å². The fourth-order valence-corrected chi connectivity index (χ4v) is 3.01. The second-order valence-corrected chi connectivity index (χ2v) is 6.41. The van der Waals surface area contributed by atoms with Crippen molar-refractivity contribution in [1.29, 1.82) is 0 Å². The maximum Gasteiger partial charge on any atom is 0.339 e. The summed E-state index contributed by atoms with van der Waals surface area (Å²) in [6, 6.07) is 0.570. The van der Waals surface area contributed by atoms with Crippen LogP contribution in [0.1, 0.15) is 30.6 Å². The van der Waals surface area contributed by atoms with Crippen molar-refractivity contribution in [2.24, 2.45) is 0 Å². The first-order chi connectivity index (χ1) is 11.8. The molecule has 1 aromatic rings. The van der Waals surface area contributed by atoms with E-state index in [0.29, 0.717) is 13.0 Å². The van der Waals surface area contributed by atoms with Gasteiger partial charge in [0.2, 0.25) is 0 Å². The molecule has 0 spiro atoms. The quantitative estimate of drug-likeness (QED) is 0.603. The maximum absolute atomic E-state index is 14.4. The molecule has 7 nitrogen and oxygen atoms in total. The summed E-state index contributed by atoms with van der Waals surface area (Å²) in [6.45, 7) is 3.61. The van der Waals surface area contributed by atoms with E-state index >= 15 is 0 Å². The number of urea groups is 1. The van der Waals surface area contributed by atoms with E-state index in [1.807, 2.05) is 0 Å². The number of nitrogens with zero attached hydrogens (tertiary/aromatic N) is 2. The van der Waals surface area contributed by atoms with E-state index < -0.39 is 35.9 Å². The zero-order valence-electron chi connectivity index (χ0n) is 13.6. The number of rotatable bonds is 3. The van der Waals surface area contributed by atoms with Gasteiger partial charge in [-0.25, -0.2) is 18.9 Å². The van der Waals surface area contributed by atoms with E-state index in [-0.39, 0.29) is 23.0 Å². The van der Waals surface area contributed by atoms with Crippen molar-refractivity contribution in [3.63, 3.8) is 0 Å². The number of carbonyl (C=O) groups excluding carboxylic acids is 3. The van der Waals surface area contributed by atoms with Gasteiger partial charge < -0.3 is 9.47 Å². The molecule has 9 heteroatoms. The van der Waals surface area contributed by atoms with Crippen LogP contribution in [-0.4, -0.2) is 48.3 Å². The number of hydrogen-bond acceptors (Lipinski definition) is 5. The normalized spacial score (nSPS) is 20.3. The van der Waals surface area contributed by atoms with Gasteiger partial charge in [0.25, 0.3) is 5.91 Å². The van der Waals surface area contributed by atoms with Crippen LogP contribution in [0, 0.1) is 5.82 Å². The molecule has 0 aromatic heterocycles. The summed E-state index contributed by atoms with van der Waals surface area (Å²) >= 11 is 5.92. The predicted molar refractivity (Wildman–Crippen MR) is 85.9 cm³/mol. The van der Waals surface area contributed by atoms with Gasteiger partial charge in [-0.2, -0.15) is 0 Å². The largest absolute Gasteiger partial charge is 0.459 e. The molecule has 0 bridgehead atoms. The lowest BCUT2D eigenvalue weighted by molar-refractivity contribution is -0.123. The van der Waals surface area contributed by atoms with E-state index in [9.17, 15) is 18.8 Å². The molecule has 2 saturated heterocycles. The summed E-state index contributed by atoms with van der Waals surface area (Å²) < 4.78 is 24.6. The van der Waals surface area contributed by atoms with Gasteiger partial charge in [-0.3, -0.25) is 9.69 Å². The van der Waals surface area contributed by atoms with Crippen molar-refractivity contribution in [1.82, 2.24) is 4.90 Å². The third-order valence-corrected chi connectivity index (χ3v) is 4.24. The van der Waals surface area contributed by atoms with Crippen molar-refractivity contribution < 1.29 is 28.2 Å². The van der Waals surface area contributed by atoms with Gasteiger partial charge in [-0.05, 0) is 26.0 Å². The zero-order valence-corrected chi connectivity index (χ0v) is 14.4. The highest BCUT2D eigenvalue weighted by Gasteiger charge is 2.48. The Morgan fingerprint density at radius 2 is 2.12 bits per heavy atom. The summed E-state index contributed by atoms with van der Waals surface area (Å²) in [4.78, 5) is 39.1. The highest BCUT2D eigenvalue weighted by Crippen LogP contribution is 2.33. The Labute approximate surface area is 148 Å². The molecule has 2 fully saturated rings. The zero-order chi connectivity index (χ0) is 18.3. The van der Waals surface area contributed by atoms with Gasteiger partial charge in [0.1, 0.15) is 18.6 Å². The topological polar surface area (TPSA) is 76.2 Å². The number of fused-ring (bicyclic) bond motifs is 1. The number of hydrogen-bond donors (Lipinski definition) is 0. The maximum atomic E-state index is 14.4. The third-order valence-electron chi connectivity index (χ3n) is 3.92. The second kappa shape index (κ2) is 6.61. The van der Waals surface area contributed by atoms with E-state index in [1.165, 1.54) is 4.90 Å². The van der Waals surface area contributed by atoms with Crippen LogP contribution in [0.3, 0.4) is 0 Å². The third kappa shape index (κ3) is 3.07. The number of benzene rings is 1. The number of imide groups is 1. The molecular weight excluding hydrogens is 355 g/mol. The molecule has 1 atom stereocenters. The van der Waals surface area contributed by atoms with Crippen LogP contribution in [0.5, 0.6) is 0 Å². The van der Waals surface area contributed by atoms with Crippen LogP contribution >= 0.6 is 11.6 Å². The van der Waals surface area contributed by atoms with E-state index in [2.05, 4.69) is 0 Å². The molecule has 0 aliphatic carbocycles. The van der Waals surface area contributed by atoms with Crippen molar-refractivity contribution >= 4 is 35.2 Å². The molecule has 0 saturated carbocycles. The minimum absolute atomic E-state index is 0.0385. The van der Waals surface area contributed by atoms with E-state index in [0.717, 1.165) is 17.0 Å². The molecule has 1 unspecified atom stereocenters. The van der Waals surface area contributed by atoms with Crippen LogP contribution in [0.25, 0.3) is 0 Å². The van der Waals surface area contributed by atoms with Gasteiger partial charge in [0.15, 0.2) is 0 Å². The average molecular weight is 371 g/mol. The lowest BCUT2D eigenvalue weighted by Gasteiger charge is -2.26. The predicted octanol–water partition coefficient (Wildman–Crippen LogP) is 2.56. The molecule has 134 valence electrons.